The van der Waals surface area contributed by atoms with Gasteiger partial charge in [0.1, 0.15) is 18.2 Å². The largest absolute Gasteiger partial charge is 0.476 e. The summed E-state index contributed by atoms with van der Waals surface area (Å²) in [7, 11) is 0. The van der Waals surface area contributed by atoms with Crippen LogP contribution in [0.5, 0.6) is 5.88 Å². The zero-order chi connectivity index (χ0) is 21.5. The molecular formula is C25H28N4O2. The highest BCUT2D eigenvalue weighted by molar-refractivity contribution is 5.78. The van der Waals surface area contributed by atoms with Crippen molar-refractivity contribution in [3.63, 3.8) is 0 Å². The Labute approximate surface area is 183 Å². The molecule has 6 heteroatoms. The van der Waals surface area contributed by atoms with Crippen LogP contribution in [-0.2, 0) is 11.2 Å². The minimum atomic E-state index is -0.0207. The molecule has 2 heterocycles. The molecule has 1 N–H and O–H groups in total. The van der Waals surface area contributed by atoms with Crippen LogP contribution in [0, 0.1) is 6.92 Å². The van der Waals surface area contributed by atoms with E-state index in [0.717, 1.165) is 30.0 Å². The summed E-state index contributed by atoms with van der Waals surface area (Å²) >= 11 is 0. The van der Waals surface area contributed by atoms with Gasteiger partial charge in [0.05, 0.1) is 13.0 Å². The first kappa shape index (κ1) is 20.8. The molecule has 0 saturated carbocycles. The molecule has 0 bridgehead atoms. The molecule has 1 saturated heterocycles. The van der Waals surface area contributed by atoms with Crippen molar-refractivity contribution < 1.29 is 9.53 Å². The Balaban J connectivity index is 1.23. The van der Waals surface area contributed by atoms with Crippen LogP contribution in [0.3, 0.4) is 0 Å². The van der Waals surface area contributed by atoms with Crippen LogP contribution in [0.1, 0.15) is 24.2 Å². The van der Waals surface area contributed by atoms with Crippen molar-refractivity contribution in [1.29, 1.82) is 0 Å². The Hall–Kier alpha value is -3.41. The molecule has 0 radical (unpaired) electrons. The van der Waals surface area contributed by atoms with E-state index in [2.05, 4.69) is 44.5 Å². The van der Waals surface area contributed by atoms with E-state index < -0.39 is 0 Å². The Morgan fingerprint density at radius 2 is 1.71 bits per heavy atom. The van der Waals surface area contributed by atoms with Crippen LogP contribution in [-0.4, -0.2) is 42.1 Å². The molecule has 2 aromatic carbocycles. The molecule has 1 aliphatic rings. The second kappa shape index (κ2) is 10.1. The first-order valence-corrected chi connectivity index (χ1v) is 10.8. The van der Waals surface area contributed by atoms with Crippen LogP contribution in [0.15, 0.2) is 60.7 Å². The summed E-state index contributed by atoms with van der Waals surface area (Å²) in [6, 6.07) is 20.2. The van der Waals surface area contributed by atoms with E-state index in [-0.39, 0.29) is 5.91 Å². The van der Waals surface area contributed by atoms with Gasteiger partial charge in [-0.05, 0) is 36.5 Å². The highest BCUT2D eigenvalue weighted by Gasteiger charge is 2.15. The van der Waals surface area contributed by atoms with Crippen molar-refractivity contribution in [2.24, 2.45) is 0 Å². The lowest BCUT2D eigenvalue weighted by atomic mass is 10.0. The van der Waals surface area contributed by atoms with E-state index in [4.69, 9.17) is 4.74 Å². The Bertz CT molecular complexity index is 1000. The Kier molecular flexibility index (Phi) is 6.77. The van der Waals surface area contributed by atoms with Crippen LogP contribution < -0.4 is 15.0 Å². The molecule has 1 aromatic heterocycles. The molecule has 6 nitrogen and oxygen atoms in total. The third kappa shape index (κ3) is 5.81. The van der Waals surface area contributed by atoms with E-state index in [1.165, 1.54) is 18.4 Å². The minimum absolute atomic E-state index is 0.0207. The van der Waals surface area contributed by atoms with Crippen molar-refractivity contribution >= 4 is 11.7 Å². The number of aryl methyl sites for hydroxylation is 1. The fourth-order valence-electron chi connectivity index (χ4n) is 3.75. The normalized spacial score (nSPS) is 13.3. The third-order valence-corrected chi connectivity index (χ3v) is 5.33. The summed E-state index contributed by atoms with van der Waals surface area (Å²) in [5.74, 6) is 2.15. The predicted molar refractivity (Wildman–Crippen MR) is 122 cm³/mol. The van der Waals surface area contributed by atoms with Crippen molar-refractivity contribution in [3.8, 4) is 17.0 Å². The van der Waals surface area contributed by atoms with Gasteiger partial charge in [-0.25, -0.2) is 4.98 Å². The van der Waals surface area contributed by atoms with Gasteiger partial charge in [-0.3, -0.25) is 4.79 Å². The molecule has 4 rings (SSSR count). The molecule has 31 heavy (non-hydrogen) atoms. The lowest BCUT2D eigenvalue weighted by Gasteiger charge is -2.17. The second-order valence-electron chi connectivity index (χ2n) is 7.74. The number of nitrogens with one attached hydrogen (secondary N) is 1. The van der Waals surface area contributed by atoms with Gasteiger partial charge in [0, 0.05) is 19.2 Å². The predicted octanol–water partition coefficient (Wildman–Crippen LogP) is 3.79. The van der Waals surface area contributed by atoms with Crippen molar-refractivity contribution in [1.82, 2.24) is 15.3 Å². The topological polar surface area (TPSA) is 67.3 Å². The number of hydrogen-bond donors (Lipinski definition) is 1. The van der Waals surface area contributed by atoms with E-state index in [1.54, 1.807) is 0 Å². The van der Waals surface area contributed by atoms with Gasteiger partial charge in [-0.2, -0.15) is 4.98 Å². The van der Waals surface area contributed by atoms with Crippen molar-refractivity contribution in [2.75, 3.05) is 31.1 Å². The molecule has 160 valence electrons. The number of aromatic nitrogens is 2. The number of rotatable bonds is 8. The second-order valence-corrected chi connectivity index (χ2v) is 7.74. The molecule has 1 fully saturated rings. The van der Waals surface area contributed by atoms with Crippen LogP contribution in [0.4, 0.5) is 5.82 Å². The zero-order valence-electron chi connectivity index (χ0n) is 17.9. The fraction of sp³-hybridized carbons (Fsp3) is 0.320. The highest BCUT2D eigenvalue weighted by atomic mass is 16.5. The van der Waals surface area contributed by atoms with Gasteiger partial charge in [-0.15, -0.1) is 0 Å². The molecular weight excluding hydrogens is 388 g/mol. The average molecular weight is 417 g/mol. The molecule has 1 amide bonds. The maximum atomic E-state index is 12.3. The standard InChI is InChI=1S/C25H28N4O2/c1-19-27-23(29-14-5-6-15-29)18-25(28-19)31-16-13-26-24(30)17-20-9-11-22(12-10-20)21-7-3-2-4-8-21/h2-4,7-12,18H,5-6,13-17H2,1H3,(H,26,30). The number of carbonyl (C=O) groups is 1. The molecule has 0 unspecified atom stereocenters. The number of hydrogen-bond acceptors (Lipinski definition) is 5. The monoisotopic (exact) mass is 416 g/mol. The Morgan fingerprint density at radius 3 is 2.45 bits per heavy atom. The summed E-state index contributed by atoms with van der Waals surface area (Å²) < 4.78 is 5.76. The molecule has 0 aliphatic carbocycles. The number of benzene rings is 2. The number of anilines is 1. The highest BCUT2D eigenvalue weighted by Crippen LogP contribution is 2.22. The van der Waals surface area contributed by atoms with Crippen LogP contribution in [0.2, 0.25) is 0 Å². The first-order valence-electron chi connectivity index (χ1n) is 10.8. The summed E-state index contributed by atoms with van der Waals surface area (Å²) in [6.07, 6.45) is 2.74. The van der Waals surface area contributed by atoms with Gasteiger partial charge >= 0.3 is 0 Å². The van der Waals surface area contributed by atoms with E-state index >= 15 is 0 Å². The van der Waals surface area contributed by atoms with Gasteiger partial charge in [0.25, 0.3) is 0 Å². The summed E-state index contributed by atoms with van der Waals surface area (Å²) in [5.41, 5.74) is 3.30. The lowest BCUT2D eigenvalue weighted by Crippen LogP contribution is -2.29. The minimum Gasteiger partial charge on any atom is -0.476 e. The van der Waals surface area contributed by atoms with E-state index in [0.29, 0.717) is 31.3 Å². The summed E-state index contributed by atoms with van der Waals surface area (Å²) in [6.45, 7) is 4.73. The third-order valence-electron chi connectivity index (χ3n) is 5.33. The first-order chi connectivity index (χ1) is 15.2. The van der Waals surface area contributed by atoms with Gasteiger partial charge in [-0.1, -0.05) is 54.6 Å². The van der Waals surface area contributed by atoms with Crippen molar-refractivity contribution in [2.45, 2.75) is 26.2 Å². The maximum Gasteiger partial charge on any atom is 0.224 e. The molecule has 1 aliphatic heterocycles. The van der Waals surface area contributed by atoms with Crippen molar-refractivity contribution in [3.05, 3.63) is 72.1 Å². The number of ether oxygens (including phenoxy) is 1. The lowest BCUT2D eigenvalue weighted by molar-refractivity contribution is -0.120. The molecule has 3 aromatic rings. The molecule has 0 atom stereocenters. The number of carbonyl (C=O) groups excluding carboxylic acids is 1. The van der Waals surface area contributed by atoms with E-state index in [9.17, 15) is 4.79 Å². The summed E-state index contributed by atoms with van der Waals surface area (Å²) in [4.78, 5) is 23.4. The quantitative estimate of drug-likeness (QED) is 0.566. The van der Waals surface area contributed by atoms with Crippen LogP contribution in [0.25, 0.3) is 11.1 Å². The SMILES string of the molecule is Cc1nc(OCCNC(=O)Cc2ccc(-c3ccccc3)cc2)cc(N2CCCC2)n1. The molecule has 0 spiro atoms. The number of nitrogens with zero attached hydrogens (tertiary/aromatic N) is 3. The average Bonchev–Trinajstić information content (AvgIpc) is 3.33. The smallest absolute Gasteiger partial charge is 0.224 e. The zero-order valence-corrected chi connectivity index (χ0v) is 17.9. The van der Waals surface area contributed by atoms with E-state index in [1.807, 2.05) is 43.3 Å². The van der Waals surface area contributed by atoms with Gasteiger partial charge in [0.2, 0.25) is 11.8 Å². The fourth-order valence-corrected chi connectivity index (χ4v) is 3.75. The summed E-state index contributed by atoms with van der Waals surface area (Å²) in [5, 5.41) is 2.91. The Morgan fingerprint density at radius 1 is 1.00 bits per heavy atom. The number of amides is 1. The van der Waals surface area contributed by atoms with Gasteiger partial charge in [0.15, 0.2) is 0 Å². The maximum absolute atomic E-state index is 12.3. The van der Waals surface area contributed by atoms with Gasteiger partial charge < -0.3 is 15.0 Å². The van der Waals surface area contributed by atoms with Crippen LogP contribution >= 0.6 is 0 Å².